The average molecular weight is 183 g/mol. The van der Waals surface area contributed by atoms with Gasteiger partial charge in [0.05, 0.1) is 6.10 Å². The van der Waals surface area contributed by atoms with E-state index in [2.05, 4.69) is 18.7 Å². The highest BCUT2D eigenvalue weighted by Crippen LogP contribution is 2.29. The van der Waals surface area contributed by atoms with E-state index in [9.17, 15) is 0 Å². The molecule has 2 fully saturated rings. The van der Waals surface area contributed by atoms with Gasteiger partial charge in [-0.1, -0.05) is 6.92 Å². The minimum absolute atomic E-state index is 0.598. The van der Waals surface area contributed by atoms with E-state index in [1.807, 2.05) is 0 Å². The Labute approximate surface area is 81.3 Å². The predicted molar refractivity (Wildman–Crippen MR) is 53.8 cm³/mol. The molecule has 0 amide bonds. The number of hydrogen-bond acceptors (Lipinski definition) is 2. The number of rotatable bonds is 2. The predicted octanol–water partition coefficient (Wildman–Crippen LogP) is 1.90. The molecule has 2 nitrogen and oxygen atoms in total. The van der Waals surface area contributed by atoms with Gasteiger partial charge in [-0.15, -0.1) is 0 Å². The normalized spacial score (nSPS) is 37.4. The van der Waals surface area contributed by atoms with Crippen LogP contribution in [0.2, 0.25) is 0 Å². The molecule has 0 radical (unpaired) electrons. The average Bonchev–Trinajstić information content (AvgIpc) is 2.63. The molecule has 0 spiro atoms. The fourth-order valence-electron chi connectivity index (χ4n) is 2.56. The third kappa shape index (κ3) is 1.89. The van der Waals surface area contributed by atoms with Crippen LogP contribution < -0.4 is 0 Å². The molecule has 2 heterocycles. The van der Waals surface area contributed by atoms with E-state index in [0.29, 0.717) is 6.10 Å². The molecule has 0 aromatic heterocycles. The summed E-state index contributed by atoms with van der Waals surface area (Å²) in [4.78, 5) is 2.63. The Balaban J connectivity index is 1.89. The Morgan fingerprint density at radius 2 is 2.31 bits per heavy atom. The van der Waals surface area contributed by atoms with Crippen LogP contribution in [0.15, 0.2) is 0 Å². The minimum Gasteiger partial charge on any atom is -0.378 e. The van der Waals surface area contributed by atoms with Crippen LogP contribution in [-0.2, 0) is 4.74 Å². The topological polar surface area (TPSA) is 12.5 Å². The van der Waals surface area contributed by atoms with Gasteiger partial charge in [0.1, 0.15) is 0 Å². The van der Waals surface area contributed by atoms with Crippen molar-refractivity contribution in [2.45, 2.75) is 45.3 Å². The zero-order chi connectivity index (χ0) is 9.26. The molecule has 0 aromatic rings. The van der Waals surface area contributed by atoms with Gasteiger partial charge in [-0.2, -0.15) is 0 Å². The molecule has 2 rings (SSSR count). The second-order valence-electron chi connectivity index (χ2n) is 4.50. The van der Waals surface area contributed by atoms with Gasteiger partial charge in [0.2, 0.25) is 0 Å². The molecular formula is C11H21NO. The summed E-state index contributed by atoms with van der Waals surface area (Å²) in [6.45, 7) is 8.15. The van der Waals surface area contributed by atoms with Crippen LogP contribution in [0.3, 0.4) is 0 Å². The molecule has 76 valence electrons. The smallest absolute Gasteiger partial charge is 0.0628 e. The Kier molecular flexibility index (Phi) is 2.89. The van der Waals surface area contributed by atoms with Gasteiger partial charge in [-0.25, -0.2) is 0 Å². The maximum Gasteiger partial charge on any atom is 0.0628 e. The van der Waals surface area contributed by atoms with Gasteiger partial charge in [-0.3, -0.25) is 0 Å². The van der Waals surface area contributed by atoms with Gasteiger partial charge < -0.3 is 9.64 Å². The highest BCUT2D eigenvalue weighted by molar-refractivity contribution is 4.86. The van der Waals surface area contributed by atoms with E-state index in [0.717, 1.165) is 18.6 Å². The van der Waals surface area contributed by atoms with Crippen molar-refractivity contribution in [3.63, 3.8) is 0 Å². The first-order chi connectivity index (χ1) is 6.31. The van der Waals surface area contributed by atoms with Gasteiger partial charge in [-0.05, 0) is 26.2 Å². The summed E-state index contributed by atoms with van der Waals surface area (Å²) in [5.74, 6) is 0.836. The number of hydrogen-bond donors (Lipinski definition) is 0. The number of ether oxygens (including phenoxy) is 1. The van der Waals surface area contributed by atoms with Crippen LogP contribution in [0.5, 0.6) is 0 Å². The van der Waals surface area contributed by atoms with Crippen molar-refractivity contribution in [1.82, 2.24) is 4.90 Å². The lowest BCUT2D eigenvalue weighted by atomic mass is 9.93. The summed E-state index contributed by atoms with van der Waals surface area (Å²) in [5, 5.41) is 0. The van der Waals surface area contributed by atoms with Gasteiger partial charge in [0.15, 0.2) is 0 Å². The molecule has 13 heavy (non-hydrogen) atoms. The van der Waals surface area contributed by atoms with Crippen molar-refractivity contribution in [2.75, 3.05) is 19.7 Å². The lowest BCUT2D eigenvalue weighted by Crippen LogP contribution is -2.45. The fourth-order valence-corrected chi connectivity index (χ4v) is 2.56. The van der Waals surface area contributed by atoms with E-state index in [1.165, 1.54) is 32.4 Å². The number of likely N-dealkylation sites (tertiary alicyclic amines) is 1. The Morgan fingerprint density at radius 1 is 1.46 bits per heavy atom. The molecule has 0 saturated carbocycles. The first-order valence-electron chi connectivity index (χ1n) is 5.67. The Bertz CT molecular complexity index is 171. The van der Waals surface area contributed by atoms with Crippen molar-refractivity contribution in [2.24, 2.45) is 5.92 Å². The standard InChI is InChI=1S/C11H21NO/c1-3-9(2)12-6-4-11-10(8-12)5-7-13-11/h9-11H,3-8H2,1-2H3/t9?,10-,11+/m0/s1. The molecule has 0 aliphatic carbocycles. The molecule has 0 bridgehead atoms. The Morgan fingerprint density at radius 3 is 3.08 bits per heavy atom. The minimum atomic E-state index is 0.598. The van der Waals surface area contributed by atoms with E-state index < -0.39 is 0 Å². The third-order valence-corrected chi connectivity index (χ3v) is 3.73. The fraction of sp³-hybridized carbons (Fsp3) is 1.00. The van der Waals surface area contributed by atoms with Crippen LogP contribution in [0.25, 0.3) is 0 Å². The largest absolute Gasteiger partial charge is 0.378 e. The molecule has 2 heteroatoms. The van der Waals surface area contributed by atoms with Crippen LogP contribution in [0.1, 0.15) is 33.1 Å². The van der Waals surface area contributed by atoms with Crippen molar-refractivity contribution < 1.29 is 4.74 Å². The third-order valence-electron chi connectivity index (χ3n) is 3.73. The molecule has 0 aromatic carbocycles. The maximum atomic E-state index is 5.69. The highest BCUT2D eigenvalue weighted by Gasteiger charge is 2.34. The summed E-state index contributed by atoms with van der Waals surface area (Å²) in [7, 11) is 0. The molecule has 2 saturated heterocycles. The van der Waals surface area contributed by atoms with E-state index in [1.54, 1.807) is 0 Å². The highest BCUT2D eigenvalue weighted by atomic mass is 16.5. The molecule has 2 aliphatic rings. The molecule has 3 atom stereocenters. The van der Waals surface area contributed by atoms with Crippen molar-refractivity contribution in [3.8, 4) is 0 Å². The van der Waals surface area contributed by atoms with Crippen LogP contribution in [-0.4, -0.2) is 36.7 Å². The van der Waals surface area contributed by atoms with Crippen molar-refractivity contribution in [1.29, 1.82) is 0 Å². The molecule has 2 aliphatic heterocycles. The van der Waals surface area contributed by atoms with Crippen molar-refractivity contribution in [3.05, 3.63) is 0 Å². The van der Waals surface area contributed by atoms with Gasteiger partial charge in [0, 0.05) is 31.7 Å². The van der Waals surface area contributed by atoms with E-state index in [4.69, 9.17) is 4.74 Å². The SMILES string of the molecule is CCC(C)N1CC[C@H]2OCC[C@H]2C1. The number of nitrogens with zero attached hydrogens (tertiary/aromatic N) is 1. The maximum absolute atomic E-state index is 5.69. The summed E-state index contributed by atoms with van der Waals surface area (Å²) < 4.78 is 5.69. The zero-order valence-corrected chi connectivity index (χ0v) is 8.83. The van der Waals surface area contributed by atoms with Crippen LogP contribution >= 0.6 is 0 Å². The van der Waals surface area contributed by atoms with Crippen LogP contribution in [0, 0.1) is 5.92 Å². The number of piperidine rings is 1. The first kappa shape index (κ1) is 9.47. The molecule has 0 N–H and O–H groups in total. The van der Waals surface area contributed by atoms with Gasteiger partial charge >= 0.3 is 0 Å². The van der Waals surface area contributed by atoms with Gasteiger partial charge in [0.25, 0.3) is 0 Å². The molecular weight excluding hydrogens is 162 g/mol. The molecule has 1 unspecified atom stereocenters. The zero-order valence-electron chi connectivity index (χ0n) is 8.83. The van der Waals surface area contributed by atoms with E-state index >= 15 is 0 Å². The lowest BCUT2D eigenvalue weighted by molar-refractivity contribution is 0.0227. The van der Waals surface area contributed by atoms with E-state index in [-0.39, 0.29) is 0 Å². The Hall–Kier alpha value is -0.0800. The summed E-state index contributed by atoms with van der Waals surface area (Å²) >= 11 is 0. The quantitative estimate of drug-likeness (QED) is 0.648. The second-order valence-corrected chi connectivity index (χ2v) is 4.50. The lowest BCUT2D eigenvalue weighted by Gasteiger charge is -2.37. The summed E-state index contributed by atoms with van der Waals surface area (Å²) in [6.07, 6.45) is 4.42. The summed E-state index contributed by atoms with van der Waals surface area (Å²) in [5.41, 5.74) is 0. The van der Waals surface area contributed by atoms with Crippen molar-refractivity contribution >= 4 is 0 Å². The number of fused-ring (bicyclic) bond motifs is 1. The second kappa shape index (κ2) is 3.97. The van der Waals surface area contributed by atoms with Crippen LogP contribution in [0.4, 0.5) is 0 Å². The first-order valence-corrected chi connectivity index (χ1v) is 5.67. The summed E-state index contributed by atoms with van der Waals surface area (Å²) in [6, 6.07) is 0.765. The monoisotopic (exact) mass is 183 g/mol.